The molecule has 2 rings (SSSR count). The number of hydrogen-bond donors (Lipinski definition) is 1. The first kappa shape index (κ1) is 22.0. The Morgan fingerprint density at radius 1 is 1.07 bits per heavy atom. The zero-order chi connectivity index (χ0) is 21.4. The molecule has 2 aromatic carbocycles. The average molecular weight is 404 g/mol. The highest BCUT2D eigenvalue weighted by atomic mass is 19.1. The zero-order valence-electron chi connectivity index (χ0n) is 16.9. The van der Waals surface area contributed by atoms with Crippen molar-refractivity contribution in [3.8, 4) is 17.2 Å². The van der Waals surface area contributed by atoms with Crippen LogP contribution in [0.3, 0.4) is 0 Å². The maximum absolute atomic E-state index is 14.1. The highest BCUT2D eigenvalue weighted by Gasteiger charge is 2.26. The fraction of sp³-hybridized carbons (Fsp3) is 0.333. The third-order valence-corrected chi connectivity index (χ3v) is 4.40. The van der Waals surface area contributed by atoms with Gasteiger partial charge in [0, 0.05) is 37.4 Å². The molecule has 0 aliphatic rings. The summed E-state index contributed by atoms with van der Waals surface area (Å²) in [6.07, 6.45) is 0. The Balaban J connectivity index is 2.19. The van der Waals surface area contributed by atoms with Gasteiger partial charge in [-0.2, -0.15) is 0 Å². The molecule has 0 unspecified atom stereocenters. The Kier molecular flexibility index (Phi) is 7.82. The standard InChI is InChI=1S/C21H25FN2O5/c1-14(21(26)23-2)24(12-15-7-5-6-8-19(15)22)20(25)13-29-18-10-16(27-3)9-17(11-18)28-4/h5-11,14H,12-13H2,1-4H3,(H,23,26)/t14-/m0/s1. The van der Waals surface area contributed by atoms with Crippen molar-refractivity contribution >= 4 is 11.8 Å². The predicted octanol–water partition coefficient (Wildman–Crippen LogP) is 2.38. The van der Waals surface area contributed by atoms with Gasteiger partial charge in [0.1, 0.15) is 29.1 Å². The minimum absolute atomic E-state index is 0.0646. The minimum atomic E-state index is -0.810. The number of methoxy groups -OCH3 is 2. The van der Waals surface area contributed by atoms with Crippen molar-refractivity contribution in [2.75, 3.05) is 27.9 Å². The van der Waals surface area contributed by atoms with Gasteiger partial charge in [0.05, 0.1) is 14.2 Å². The third-order valence-electron chi connectivity index (χ3n) is 4.40. The van der Waals surface area contributed by atoms with E-state index in [-0.39, 0.29) is 19.1 Å². The number of carbonyl (C=O) groups excluding carboxylic acids is 2. The van der Waals surface area contributed by atoms with Gasteiger partial charge in [0.2, 0.25) is 5.91 Å². The van der Waals surface area contributed by atoms with Crippen LogP contribution in [0.5, 0.6) is 17.2 Å². The summed E-state index contributed by atoms with van der Waals surface area (Å²) in [6, 6.07) is 10.2. The van der Waals surface area contributed by atoms with Crippen LogP contribution >= 0.6 is 0 Å². The van der Waals surface area contributed by atoms with Crippen molar-refractivity contribution < 1.29 is 28.2 Å². The summed E-state index contributed by atoms with van der Waals surface area (Å²) in [5.74, 6) is 0.104. The second kappa shape index (κ2) is 10.3. The van der Waals surface area contributed by atoms with E-state index in [1.807, 2.05) is 0 Å². The van der Waals surface area contributed by atoms with Crippen molar-refractivity contribution in [1.82, 2.24) is 10.2 Å². The van der Waals surface area contributed by atoms with Crippen LogP contribution in [0, 0.1) is 5.82 Å². The van der Waals surface area contributed by atoms with Crippen LogP contribution < -0.4 is 19.5 Å². The molecule has 0 heterocycles. The van der Waals surface area contributed by atoms with Gasteiger partial charge in [-0.25, -0.2) is 4.39 Å². The lowest BCUT2D eigenvalue weighted by Crippen LogP contribution is -2.48. The molecule has 0 aliphatic carbocycles. The Hall–Kier alpha value is -3.29. The first-order valence-corrected chi connectivity index (χ1v) is 9.00. The maximum atomic E-state index is 14.1. The van der Waals surface area contributed by atoms with E-state index in [4.69, 9.17) is 14.2 Å². The largest absolute Gasteiger partial charge is 0.496 e. The molecule has 0 aliphatic heterocycles. The fourth-order valence-electron chi connectivity index (χ4n) is 2.69. The molecule has 0 fully saturated rings. The van der Waals surface area contributed by atoms with Crippen LogP contribution in [-0.4, -0.2) is 50.6 Å². The number of nitrogens with one attached hydrogen (secondary N) is 1. The zero-order valence-corrected chi connectivity index (χ0v) is 16.9. The molecule has 1 N–H and O–H groups in total. The van der Waals surface area contributed by atoms with E-state index in [0.717, 1.165) is 0 Å². The SMILES string of the molecule is CNC(=O)[C@H](C)N(Cc1ccccc1F)C(=O)COc1cc(OC)cc(OC)c1. The molecule has 7 nitrogen and oxygen atoms in total. The van der Waals surface area contributed by atoms with Crippen molar-refractivity contribution in [2.24, 2.45) is 0 Å². The van der Waals surface area contributed by atoms with Gasteiger partial charge in [0.15, 0.2) is 6.61 Å². The summed E-state index contributed by atoms with van der Waals surface area (Å²) in [7, 11) is 4.49. The number of amides is 2. The van der Waals surface area contributed by atoms with Crippen LogP contribution in [0.25, 0.3) is 0 Å². The first-order chi connectivity index (χ1) is 13.9. The third kappa shape index (κ3) is 5.84. The average Bonchev–Trinajstić information content (AvgIpc) is 2.75. The molecule has 2 amide bonds. The van der Waals surface area contributed by atoms with Crippen LogP contribution in [0.2, 0.25) is 0 Å². The topological polar surface area (TPSA) is 77.1 Å². The number of likely N-dealkylation sites (N-methyl/N-ethyl adjacent to an activating group) is 1. The van der Waals surface area contributed by atoms with E-state index in [1.165, 1.54) is 32.2 Å². The number of hydrogen-bond acceptors (Lipinski definition) is 5. The second-order valence-electron chi connectivity index (χ2n) is 6.24. The highest BCUT2D eigenvalue weighted by Crippen LogP contribution is 2.27. The van der Waals surface area contributed by atoms with Gasteiger partial charge < -0.3 is 24.4 Å². The Bertz CT molecular complexity index is 836. The first-order valence-electron chi connectivity index (χ1n) is 9.00. The summed E-state index contributed by atoms with van der Waals surface area (Å²) >= 11 is 0. The lowest BCUT2D eigenvalue weighted by molar-refractivity contribution is -0.142. The molecule has 0 bridgehead atoms. The molecule has 0 aromatic heterocycles. The molecule has 2 aromatic rings. The molecular formula is C21H25FN2O5. The molecule has 0 radical (unpaired) electrons. The van der Waals surface area contributed by atoms with Crippen molar-refractivity contribution in [1.29, 1.82) is 0 Å². The van der Waals surface area contributed by atoms with E-state index in [9.17, 15) is 14.0 Å². The van der Waals surface area contributed by atoms with E-state index >= 15 is 0 Å². The van der Waals surface area contributed by atoms with Gasteiger partial charge >= 0.3 is 0 Å². The van der Waals surface area contributed by atoms with Crippen LogP contribution in [0.15, 0.2) is 42.5 Å². The normalized spacial score (nSPS) is 11.3. The van der Waals surface area contributed by atoms with Crippen molar-refractivity contribution in [2.45, 2.75) is 19.5 Å². The lowest BCUT2D eigenvalue weighted by atomic mass is 10.1. The quantitative estimate of drug-likeness (QED) is 0.695. The van der Waals surface area contributed by atoms with E-state index in [1.54, 1.807) is 43.3 Å². The van der Waals surface area contributed by atoms with Crippen LogP contribution in [0.1, 0.15) is 12.5 Å². The Labute approximate surface area is 169 Å². The molecule has 8 heteroatoms. The maximum Gasteiger partial charge on any atom is 0.261 e. The Morgan fingerprint density at radius 3 is 2.21 bits per heavy atom. The highest BCUT2D eigenvalue weighted by molar-refractivity contribution is 5.87. The molecule has 29 heavy (non-hydrogen) atoms. The number of carbonyl (C=O) groups is 2. The van der Waals surface area contributed by atoms with Crippen LogP contribution in [0.4, 0.5) is 4.39 Å². The van der Waals surface area contributed by atoms with E-state index < -0.39 is 17.8 Å². The van der Waals surface area contributed by atoms with Gasteiger partial charge in [-0.15, -0.1) is 0 Å². The fourth-order valence-corrected chi connectivity index (χ4v) is 2.69. The summed E-state index contributed by atoms with van der Waals surface area (Å²) < 4.78 is 30.0. The van der Waals surface area contributed by atoms with Gasteiger partial charge in [-0.1, -0.05) is 18.2 Å². The van der Waals surface area contributed by atoms with Crippen molar-refractivity contribution in [3.63, 3.8) is 0 Å². The second-order valence-corrected chi connectivity index (χ2v) is 6.24. The molecule has 1 atom stereocenters. The summed E-state index contributed by atoms with van der Waals surface area (Å²) in [5.41, 5.74) is 0.305. The number of ether oxygens (including phenoxy) is 3. The van der Waals surface area contributed by atoms with Crippen molar-refractivity contribution in [3.05, 3.63) is 53.8 Å². The molecule has 0 saturated carbocycles. The summed E-state index contributed by atoms with van der Waals surface area (Å²) in [5, 5.41) is 2.50. The molecule has 0 saturated heterocycles. The lowest BCUT2D eigenvalue weighted by Gasteiger charge is -2.28. The number of nitrogens with zero attached hydrogens (tertiary/aromatic N) is 1. The summed E-state index contributed by atoms with van der Waals surface area (Å²) in [4.78, 5) is 26.2. The molecular weight excluding hydrogens is 379 g/mol. The van der Waals surface area contributed by atoms with E-state index in [0.29, 0.717) is 22.8 Å². The van der Waals surface area contributed by atoms with Gasteiger partial charge in [0.25, 0.3) is 5.91 Å². The van der Waals surface area contributed by atoms with Gasteiger partial charge in [-0.3, -0.25) is 9.59 Å². The minimum Gasteiger partial charge on any atom is -0.496 e. The number of benzene rings is 2. The summed E-state index contributed by atoms with van der Waals surface area (Å²) in [6.45, 7) is 1.17. The number of rotatable bonds is 9. The molecule has 0 spiro atoms. The smallest absolute Gasteiger partial charge is 0.261 e. The Morgan fingerprint density at radius 2 is 1.66 bits per heavy atom. The van der Waals surface area contributed by atoms with Gasteiger partial charge in [-0.05, 0) is 13.0 Å². The number of halogens is 1. The monoisotopic (exact) mass is 404 g/mol. The van der Waals surface area contributed by atoms with E-state index in [2.05, 4.69) is 5.32 Å². The predicted molar refractivity (Wildman–Crippen MR) is 106 cm³/mol. The molecule has 156 valence electrons. The van der Waals surface area contributed by atoms with Crippen LogP contribution in [-0.2, 0) is 16.1 Å².